The van der Waals surface area contributed by atoms with E-state index in [-0.39, 0.29) is 5.91 Å². The molecule has 1 aromatic heterocycles. The lowest BCUT2D eigenvalue weighted by Gasteiger charge is -2.24. The van der Waals surface area contributed by atoms with E-state index < -0.39 is 0 Å². The molecule has 5 rings (SSSR count). The smallest absolute Gasteiger partial charge is 0.251 e. The maximum absolute atomic E-state index is 12.6. The summed E-state index contributed by atoms with van der Waals surface area (Å²) in [6.07, 6.45) is 2.56. The van der Waals surface area contributed by atoms with Crippen molar-refractivity contribution >= 4 is 5.91 Å². The summed E-state index contributed by atoms with van der Waals surface area (Å²) in [4.78, 5) is 15.1. The summed E-state index contributed by atoms with van der Waals surface area (Å²) in [6.45, 7) is 11.0. The van der Waals surface area contributed by atoms with Crippen LogP contribution in [0.1, 0.15) is 45.6 Å². The van der Waals surface area contributed by atoms with Crippen LogP contribution in [0, 0.1) is 19.8 Å². The van der Waals surface area contributed by atoms with Gasteiger partial charge in [-0.05, 0) is 55.5 Å². The number of aromatic nitrogens is 3. The van der Waals surface area contributed by atoms with Crippen LogP contribution in [0.5, 0.6) is 11.5 Å². The number of nitrogens with zero attached hydrogens (tertiary/aromatic N) is 4. The molecule has 0 saturated carbocycles. The number of carbonyl (C=O) groups is 1. The molecule has 36 heavy (non-hydrogen) atoms. The Morgan fingerprint density at radius 1 is 1.06 bits per heavy atom. The lowest BCUT2D eigenvalue weighted by molar-refractivity contribution is 0.0953. The fourth-order valence-electron chi connectivity index (χ4n) is 5.22. The Morgan fingerprint density at radius 3 is 2.78 bits per heavy atom. The van der Waals surface area contributed by atoms with Gasteiger partial charge in [0, 0.05) is 51.1 Å². The van der Waals surface area contributed by atoms with Gasteiger partial charge < -0.3 is 24.3 Å². The molecule has 3 heterocycles. The fraction of sp³-hybridized carbons (Fsp3) is 0.464. The monoisotopic (exact) mass is 489 g/mol. The van der Waals surface area contributed by atoms with Gasteiger partial charge in [-0.15, -0.1) is 10.2 Å². The van der Waals surface area contributed by atoms with Crippen molar-refractivity contribution in [3.8, 4) is 11.5 Å². The number of ether oxygens (including phenoxy) is 2. The minimum atomic E-state index is -0.0364. The highest BCUT2D eigenvalue weighted by molar-refractivity contribution is 5.95. The van der Waals surface area contributed by atoms with Gasteiger partial charge in [-0.1, -0.05) is 30.7 Å². The summed E-state index contributed by atoms with van der Waals surface area (Å²) in [5.41, 5.74) is 4.17. The zero-order valence-corrected chi connectivity index (χ0v) is 21.4. The number of hydrogen-bond donors (Lipinski definition) is 1. The van der Waals surface area contributed by atoms with Gasteiger partial charge in [0.25, 0.3) is 5.91 Å². The summed E-state index contributed by atoms with van der Waals surface area (Å²) in [7, 11) is 0. The molecule has 0 bridgehead atoms. The molecule has 8 nitrogen and oxygen atoms in total. The first-order valence-electron chi connectivity index (χ1n) is 12.8. The zero-order valence-electron chi connectivity index (χ0n) is 21.4. The molecule has 0 aliphatic carbocycles. The van der Waals surface area contributed by atoms with Crippen LogP contribution in [-0.2, 0) is 25.8 Å². The molecule has 0 radical (unpaired) electrons. The number of aryl methyl sites for hydroxylation is 2. The first kappa shape index (κ1) is 24.3. The Balaban J connectivity index is 1.11. The number of fused-ring (bicyclic) bond motifs is 2. The van der Waals surface area contributed by atoms with Crippen LogP contribution in [0.3, 0.4) is 0 Å². The molecule has 8 heteroatoms. The molecule has 1 amide bonds. The number of rotatable bonds is 8. The van der Waals surface area contributed by atoms with Crippen LogP contribution in [0.4, 0.5) is 0 Å². The van der Waals surface area contributed by atoms with Crippen molar-refractivity contribution in [1.82, 2.24) is 25.0 Å². The molecule has 1 N–H and O–H groups in total. The van der Waals surface area contributed by atoms with Crippen molar-refractivity contribution in [1.29, 1.82) is 0 Å². The van der Waals surface area contributed by atoms with Crippen molar-refractivity contribution in [3.05, 3.63) is 70.3 Å². The maximum Gasteiger partial charge on any atom is 0.251 e. The van der Waals surface area contributed by atoms with Crippen molar-refractivity contribution in [2.24, 2.45) is 5.92 Å². The van der Waals surface area contributed by atoms with Crippen LogP contribution in [-0.4, -0.2) is 58.5 Å². The summed E-state index contributed by atoms with van der Waals surface area (Å²) in [5, 5.41) is 11.9. The summed E-state index contributed by atoms with van der Waals surface area (Å²) >= 11 is 0. The van der Waals surface area contributed by atoms with E-state index in [4.69, 9.17) is 9.47 Å². The maximum atomic E-state index is 12.6. The number of benzene rings is 2. The second kappa shape index (κ2) is 10.7. The first-order chi connectivity index (χ1) is 17.5. The molecule has 2 aliphatic heterocycles. The highest BCUT2D eigenvalue weighted by Gasteiger charge is 2.21. The molecule has 2 aliphatic rings. The lowest BCUT2D eigenvalue weighted by atomic mass is 10.00. The van der Waals surface area contributed by atoms with E-state index >= 15 is 0 Å². The van der Waals surface area contributed by atoms with E-state index in [0.29, 0.717) is 25.7 Å². The molecule has 0 saturated heterocycles. The van der Waals surface area contributed by atoms with Gasteiger partial charge in [0.15, 0.2) is 11.5 Å². The van der Waals surface area contributed by atoms with Crippen molar-refractivity contribution in [2.45, 2.75) is 46.6 Å². The Hall–Kier alpha value is -3.39. The highest BCUT2D eigenvalue weighted by atomic mass is 16.7. The second-order valence-corrected chi connectivity index (χ2v) is 10.1. The van der Waals surface area contributed by atoms with E-state index in [1.165, 1.54) is 5.56 Å². The van der Waals surface area contributed by atoms with E-state index in [1.54, 1.807) is 0 Å². The van der Waals surface area contributed by atoms with Crippen LogP contribution < -0.4 is 14.8 Å². The molecule has 2 aromatic carbocycles. The largest absolute Gasteiger partial charge is 0.454 e. The van der Waals surface area contributed by atoms with Gasteiger partial charge in [-0.2, -0.15) is 0 Å². The molecule has 0 fully saturated rings. The average molecular weight is 490 g/mol. The second-order valence-electron chi connectivity index (χ2n) is 10.1. The number of carbonyl (C=O) groups excluding carboxylic acids is 1. The molecule has 1 atom stereocenters. The third-order valence-corrected chi connectivity index (χ3v) is 7.05. The molecule has 0 spiro atoms. The van der Waals surface area contributed by atoms with Gasteiger partial charge in [0.2, 0.25) is 6.79 Å². The average Bonchev–Trinajstić information content (AvgIpc) is 3.41. The van der Waals surface area contributed by atoms with Crippen LogP contribution in [0.15, 0.2) is 36.4 Å². The van der Waals surface area contributed by atoms with Crippen molar-refractivity contribution in [3.63, 3.8) is 0 Å². The Kier molecular flexibility index (Phi) is 7.23. The summed E-state index contributed by atoms with van der Waals surface area (Å²) < 4.78 is 13.2. The topological polar surface area (TPSA) is 81.5 Å². The summed E-state index contributed by atoms with van der Waals surface area (Å²) in [5.74, 6) is 4.16. The van der Waals surface area contributed by atoms with Crippen LogP contribution in [0.2, 0.25) is 0 Å². The molecule has 3 aromatic rings. The van der Waals surface area contributed by atoms with Crippen LogP contribution in [0.25, 0.3) is 0 Å². The highest BCUT2D eigenvalue weighted by Crippen LogP contribution is 2.33. The lowest BCUT2D eigenvalue weighted by Crippen LogP contribution is -2.32. The zero-order chi connectivity index (χ0) is 25.1. The van der Waals surface area contributed by atoms with Gasteiger partial charge in [0.1, 0.15) is 11.6 Å². The normalized spacial score (nSPS) is 15.9. The van der Waals surface area contributed by atoms with E-state index in [2.05, 4.69) is 44.0 Å². The third kappa shape index (κ3) is 5.54. The Morgan fingerprint density at radius 2 is 1.92 bits per heavy atom. The van der Waals surface area contributed by atoms with E-state index in [0.717, 1.165) is 78.9 Å². The quantitative estimate of drug-likeness (QED) is 0.523. The molecule has 0 unspecified atom stereocenters. The predicted molar refractivity (Wildman–Crippen MR) is 138 cm³/mol. The third-order valence-electron chi connectivity index (χ3n) is 7.05. The molecule has 190 valence electrons. The Bertz CT molecular complexity index is 1240. The van der Waals surface area contributed by atoms with Crippen LogP contribution >= 0.6 is 0 Å². The Labute approximate surface area is 212 Å². The minimum Gasteiger partial charge on any atom is -0.454 e. The SMILES string of the molecule is Cc1ccc(C(=O)NCCc2nnc3n2CCN(C[C@H](C)Cc2ccc4c(c2)OCO4)CC3)c(C)c1. The predicted octanol–water partition coefficient (Wildman–Crippen LogP) is 3.33. The number of amides is 1. The van der Waals surface area contributed by atoms with Crippen molar-refractivity contribution in [2.75, 3.05) is 33.0 Å². The van der Waals surface area contributed by atoms with Gasteiger partial charge in [-0.25, -0.2) is 0 Å². The van der Waals surface area contributed by atoms with E-state index in [1.807, 2.05) is 38.1 Å². The molecular weight excluding hydrogens is 454 g/mol. The molecular formula is C28H35N5O3. The van der Waals surface area contributed by atoms with E-state index in [9.17, 15) is 4.79 Å². The fourth-order valence-corrected chi connectivity index (χ4v) is 5.22. The first-order valence-corrected chi connectivity index (χ1v) is 12.8. The standard InChI is InChI=1S/C28H35N5O3/c1-19-4-6-23(21(3)14-19)28(34)29-10-8-26-30-31-27-9-11-32(12-13-33(26)27)17-20(2)15-22-5-7-24-25(16-22)36-18-35-24/h4-7,14,16,20H,8-13,15,17-18H2,1-3H3,(H,29,34)/t20-/m1/s1. The van der Waals surface area contributed by atoms with Gasteiger partial charge in [-0.3, -0.25) is 4.79 Å². The van der Waals surface area contributed by atoms with Crippen molar-refractivity contribution < 1.29 is 14.3 Å². The van der Waals surface area contributed by atoms with Gasteiger partial charge >= 0.3 is 0 Å². The number of nitrogens with one attached hydrogen (secondary N) is 1. The minimum absolute atomic E-state index is 0.0364. The van der Waals surface area contributed by atoms with Gasteiger partial charge in [0.05, 0.1) is 0 Å². The number of hydrogen-bond acceptors (Lipinski definition) is 6. The summed E-state index contributed by atoms with van der Waals surface area (Å²) in [6, 6.07) is 12.2.